The van der Waals surface area contributed by atoms with Crippen LogP contribution in [-0.4, -0.2) is 29.5 Å². The number of nitrogens with zero attached hydrogens (tertiary/aromatic N) is 1. The molecule has 0 saturated heterocycles. The lowest BCUT2D eigenvalue weighted by Crippen LogP contribution is -2.22. The number of carbonyl (C=O) groups excluding carboxylic acids is 2. The number of unbranched alkanes of at least 4 members (excludes halogenated alkanes) is 1. The smallest absolute Gasteiger partial charge is 0.259 e. The molecule has 1 aliphatic rings. The van der Waals surface area contributed by atoms with Crippen molar-refractivity contribution in [3.05, 3.63) is 69.4 Å². The van der Waals surface area contributed by atoms with E-state index in [4.69, 9.17) is 6.42 Å². The zero-order valence-electron chi connectivity index (χ0n) is 17.7. The number of hydrogen-bond donors (Lipinski definition) is 2. The summed E-state index contributed by atoms with van der Waals surface area (Å²) in [4.78, 5) is 25.6. The van der Waals surface area contributed by atoms with Gasteiger partial charge in [0.25, 0.3) is 11.8 Å². The lowest BCUT2D eigenvalue weighted by molar-refractivity contribution is -0.122. The van der Waals surface area contributed by atoms with Crippen molar-refractivity contribution in [1.82, 2.24) is 15.2 Å². The molecule has 0 spiro atoms. The van der Waals surface area contributed by atoms with Gasteiger partial charge in [-0.1, -0.05) is 30.3 Å². The SMILES string of the molecule is C#CCCCNCCCn1cc(C2=C(c3cccc(I)c3)C(=O)NC2=O)c2ccccc21. The molecule has 2 N–H and O–H groups in total. The number of aryl methyl sites for hydroxylation is 1. The molecule has 0 fully saturated rings. The normalized spacial score (nSPS) is 13.6. The molecule has 0 bridgehead atoms. The Morgan fingerprint density at radius 1 is 1.00 bits per heavy atom. The minimum Gasteiger partial charge on any atom is -0.347 e. The van der Waals surface area contributed by atoms with E-state index < -0.39 is 0 Å². The van der Waals surface area contributed by atoms with Crippen LogP contribution in [0.25, 0.3) is 22.0 Å². The summed E-state index contributed by atoms with van der Waals surface area (Å²) in [5.41, 5.74) is 3.48. The third kappa shape index (κ3) is 4.64. The monoisotopic (exact) mass is 537 g/mol. The van der Waals surface area contributed by atoms with Gasteiger partial charge in [-0.2, -0.15) is 0 Å². The predicted octanol–water partition coefficient (Wildman–Crippen LogP) is 4.21. The van der Waals surface area contributed by atoms with Crippen LogP contribution in [0.5, 0.6) is 0 Å². The quantitative estimate of drug-likeness (QED) is 0.186. The van der Waals surface area contributed by atoms with Crippen LogP contribution in [0.2, 0.25) is 0 Å². The maximum Gasteiger partial charge on any atom is 0.259 e. The number of terminal acetylenes is 1. The lowest BCUT2D eigenvalue weighted by atomic mass is 9.96. The highest BCUT2D eigenvalue weighted by Crippen LogP contribution is 2.36. The Balaban J connectivity index is 1.67. The Kier molecular flexibility index (Phi) is 7.08. The van der Waals surface area contributed by atoms with Crippen molar-refractivity contribution in [2.24, 2.45) is 0 Å². The van der Waals surface area contributed by atoms with E-state index in [1.54, 1.807) is 0 Å². The number of halogens is 1. The van der Waals surface area contributed by atoms with Crippen LogP contribution in [0.15, 0.2) is 54.7 Å². The van der Waals surface area contributed by atoms with Gasteiger partial charge in [-0.15, -0.1) is 12.3 Å². The lowest BCUT2D eigenvalue weighted by Gasteiger charge is -2.06. The number of para-hydroxylation sites is 1. The van der Waals surface area contributed by atoms with Gasteiger partial charge < -0.3 is 9.88 Å². The van der Waals surface area contributed by atoms with Crippen molar-refractivity contribution in [2.45, 2.75) is 25.8 Å². The number of imide groups is 1. The van der Waals surface area contributed by atoms with Gasteiger partial charge >= 0.3 is 0 Å². The first-order valence-electron chi connectivity index (χ1n) is 10.7. The first kappa shape index (κ1) is 22.3. The molecule has 6 heteroatoms. The fourth-order valence-electron chi connectivity index (χ4n) is 4.08. The molecule has 4 rings (SSSR count). The van der Waals surface area contributed by atoms with Gasteiger partial charge in [-0.05, 0) is 72.3 Å². The van der Waals surface area contributed by atoms with Crippen LogP contribution in [-0.2, 0) is 16.1 Å². The summed E-state index contributed by atoms with van der Waals surface area (Å²) in [5.74, 6) is 1.96. The summed E-state index contributed by atoms with van der Waals surface area (Å²) in [5, 5.41) is 6.89. The molecule has 2 heterocycles. The van der Waals surface area contributed by atoms with Crippen molar-refractivity contribution in [3.63, 3.8) is 0 Å². The van der Waals surface area contributed by atoms with Gasteiger partial charge in [0.2, 0.25) is 0 Å². The number of hydrogen-bond acceptors (Lipinski definition) is 3. The number of fused-ring (bicyclic) bond motifs is 1. The van der Waals surface area contributed by atoms with Gasteiger partial charge in [0.05, 0.1) is 11.1 Å². The number of nitrogens with one attached hydrogen (secondary N) is 2. The van der Waals surface area contributed by atoms with Crippen LogP contribution in [0.4, 0.5) is 0 Å². The van der Waals surface area contributed by atoms with E-state index in [2.05, 4.69) is 49.8 Å². The summed E-state index contributed by atoms with van der Waals surface area (Å²) < 4.78 is 3.18. The van der Waals surface area contributed by atoms with Gasteiger partial charge in [0.1, 0.15) is 0 Å². The van der Waals surface area contributed by atoms with Crippen molar-refractivity contribution >= 4 is 56.5 Å². The molecule has 3 aromatic rings. The largest absolute Gasteiger partial charge is 0.347 e. The highest BCUT2D eigenvalue weighted by molar-refractivity contribution is 14.1. The van der Waals surface area contributed by atoms with Gasteiger partial charge in [-0.25, -0.2) is 0 Å². The molecule has 5 nitrogen and oxygen atoms in total. The third-order valence-electron chi connectivity index (χ3n) is 5.53. The highest BCUT2D eigenvalue weighted by atomic mass is 127. The van der Waals surface area contributed by atoms with E-state index in [1.807, 2.05) is 48.7 Å². The molecule has 0 atom stereocenters. The van der Waals surface area contributed by atoms with Crippen molar-refractivity contribution in [3.8, 4) is 12.3 Å². The second-order valence-electron chi connectivity index (χ2n) is 7.71. The predicted molar refractivity (Wildman–Crippen MR) is 137 cm³/mol. The highest BCUT2D eigenvalue weighted by Gasteiger charge is 2.33. The van der Waals surface area contributed by atoms with E-state index >= 15 is 0 Å². The fraction of sp³-hybridized carbons (Fsp3) is 0.231. The Labute approximate surface area is 201 Å². The summed E-state index contributed by atoms with van der Waals surface area (Å²) in [6.45, 7) is 2.61. The molecular weight excluding hydrogens is 513 g/mol. The number of aromatic nitrogens is 1. The molecule has 2 amide bonds. The molecule has 0 radical (unpaired) electrons. The Bertz CT molecular complexity index is 1250. The Hall–Kier alpha value is -2.89. The molecule has 0 unspecified atom stereocenters. The zero-order chi connectivity index (χ0) is 22.5. The van der Waals surface area contributed by atoms with E-state index in [0.29, 0.717) is 11.1 Å². The van der Waals surface area contributed by atoms with E-state index in [1.165, 1.54) is 0 Å². The van der Waals surface area contributed by atoms with E-state index in [0.717, 1.165) is 64.5 Å². The number of rotatable bonds is 9. The molecule has 0 aliphatic carbocycles. The molecule has 0 saturated carbocycles. The zero-order valence-corrected chi connectivity index (χ0v) is 19.8. The summed E-state index contributed by atoms with van der Waals surface area (Å²) >= 11 is 2.21. The molecule has 32 heavy (non-hydrogen) atoms. The summed E-state index contributed by atoms with van der Waals surface area (Å²) in [7, 11) is 0. The molecule has 162 valence electrons. The van der Waals surface area contributed by atoms with Gasteiger partial charge in [-0.3, -0.25) is 14.9 Å². The average molecular weight is 537 g/mol. The Morgan fingerprint density at radius 2 is 1.78 bits per heavy atom. The van der Waals surface area contributed by atoms with E-state index in [9.17, 15) is 9.59 Å². The second-order valence-corrected chi connectivity index (χ2v) is 8.95. The average Bonchev–Trinajstić information content (AvgIpc) is 3.29. The maximum absolute atomic E-state index is 12.9. The molecule has 2 aromatic carbocycles. The van der Waals surface area contributed by atoms with E-state index in [-0.39, 0.29) is 11.8 Å². The summed E-state index contributed by atoms with van der Waals surface area (Å²) in [6, 6.07) is 15.7. The molecular formula is C26H24IN3O2. The van der Waals surface area contributed by atoms with Crippen molar-refractivity contribution < 1.29 is 9.59 Å². The third-order valence-corrected chi connectivity index (χ3v) is 6.20. The number of benzene rings is 2. The van der Waals surface area contributed by atoms with Gasteiger partial charge in [0.15, 0.2) is 0 Å². The minimum atomic E-state index is -0.347. The van der Waals surface area contributed by atoms with Crippen LogP contribution in [0.3, 0.4) is 0 Å². The minimum absolute atomic E-state index is 0.345. The first-order valence-corrected chi connectivity index (χ1v) is 11.8. The van der Waals surface area contributed by atoms with Crippen molar-refractivity contribution in [1.29, 1.82) is 0 Å². The van der Waals surface area contributed by atoms with Crippen LogP contribution in [0, 0.1) is 15.9 Å². The maximum atomic E-state index is 12.9. The van der Waals surface area contributed by atoms with Crippen LogP contribution >= 0.6 is 22.6 Å². The summed E-state index contributed by atoms with van der Waals surface area (Å²) in [6.07, 6.45) is 10.0. The number of carbonyl (C=O) groups is 2. The van der Waals surface area contributed by atoms with Crippen LogP contribution < -0.4 is 10.6 Å². The topological polar surface area (TPSA) is 63.1 Å². The molecule has 1 aromatic heterocycles. The first-order chi connectivity index (χ1) is 15.6. The van der Waals surface area contributed by atoms with Gasteiger partial charge in [0, 0.05) is 39.2 Å². The Morgan fingerprint density at radius 3 is 2.59 bits per heavy atom. The number of amides is 2. The second kappa shape index (κ2) is 10.2. The van der Waals surface area contributed by atoms with Crippen LogP contribution in [0.1, 0.15) is 30.4 Å². The standard InChI is InChI=1S/C26H24IN3O2/c1-2-3-6-13-28-14-8-15-30-17-21(20-11-4-5-12-22(20)30)24-23(25(31)29-26(24)32)18-9-7-10-19(27)16-18/h1,4-5,7,9-12,16-17,28H,3,6,8,13-15H2,(H,29,31,32). The molecule has 1 aliphatic heterocycles. The fourth-order valence-corrected chi connectivity index (χ4v) is 4.62. The van der Waals surface area contributed by atoms with Crippen molar-refractivity contribution in [2.75, 3.05) is 13.1 Å².